The van der Waals surface area contributed by atoms with E-state index in [4.69, 9.17) is 0 Å². The largest absolute Gasteiger partial charge is 0.339 e. The number of rotatable bonds is 3. The topological polar surface area (TPSA) is 53.5 Å². The molecule has 0 aliphatic rings. The summed E-state index contributed by atoms with van der Waals surface area (Å²) >= 11 is 0. The molecular formula is C19H17N3O. The van der Waals surface area contributed by atoms with E-state index in [1.165, 1.54) is 0 Å². The highest BCUT2D eigenvalue weighted by Crippen LogP contribution is 2.22. The van der Waals surface area contributed by atoms with Crippen LogP contribution in [0.2, 0.25) is 0 Å². The third-order valence-electron chi connectivity index (χ3n) is 3.55. The minimum absolute atomic E-state index is 0.364. The molecule has 3 aromatic rings. The zero-order valence-corrected chi connectivity index (χ0v) is 12.8. The van der Waals surface area contributed by atoms with Gasteiger partial charge in [0, 0.05) is 5.39 Å². The second-order valence-corrected chi connectivity index (χ2v) is 5.16. The van der Waals surface area contributed by atoms with E-state index in [-0.39, 0.29) is 6.03 Å². The Morgan fingerprint density at radius 3 is 2.39 bits per heavy atom. The second kappa shape index (κ2) is 6.75. The van der Waals surface area contributed by atoms with Gasteiger partial charge in [0.25, 0.3) is 0 Å². The van der Waals surface area contributed by atoms with Crippen LogP contribution in [-0.2, 0) is 0 Å². The van der Waals surface area contributed by atoms with Crippen LogP contribution >= 0.6 is 0 Å². The molecule has 3 rings (SSSR count). The second-order valence-electron chi connectivity index (χ2n) is 5.16. The third-order valence-corrected chi connectivity index (χ3v) is 3.55. The number of carbonyl (C=O) groups excluding carboxylic acids is 1. The molecule has 0 bridgehead atoms. The molecular weight excluding hydrogens is 286 g/mol. The Bertz CT molecular complexity index is 851. The van der Waals surface area contributed by atoms with Crippen LogP contribution in [-0.4, -0.2) is 11.7 Å². The molecule has 2 N–H and O–H groups in total. The van der Waals surface area contributed by atoms with E-state index < -0.39 is 0 Å². The van der Waals surface area contributed by atoms with E-state index in [2.05, 4.69) is 15.8 Å². The molecule has 0 unspecified atom stereocenters. The van der Waals surface area contributed by atoms with Crippen molar-refractivity contribution in [3.05, 3.63) is 78.4 Å². The molecule has 0 aliphatic heterocycles. The summed E-state index contributed by atoms with van der Waals surface area (Å²) < 4.78 is 0. The van der Waals surface area contributed by atoms with Crippen molar-refractivity contribution in [2.24, 2.45) is 5.10 Å². The van der Waals surface area contributed by atoms with Gasteiger partial charge in [0.15, 0.2) is 0 Å². The van der Waals surface area contributed by atoms with E-state index >= 15 is 0 Å². The van der Waals surface area contributed by atoms with E-state index in [0.717, 1.165) is 27.7 Å². The van der Waals surface area contributed by atoms with Crippen LogP contribution in [0.15, 0.2) is 77.9 Å². The highest BCUT2D eigenvalue weighted by atomic mass is 16.2. The molecule has 0 aromatic heterocycles. The number of urea groups is 1. The Balaban J connectivity index is 1.72. The Kier molecular flexibility index (Phi) is 4.34. The SMILES string of the molecule is CC(=NNC(=O)Nc1cccc2ccccc12)c1ccccc1. The number of nitrogens with zero attached hydrogens (tertiary/aromatic N) is 1. The number of anilines is 1. The maximum Gasteiger partial charge on any atom is 0.339 e. The first-order valence-corrected chi connectivity index (χ1v) is 7.38. The van der Waals surface area contributed by atoms with Gasteiger partial charge in [-0.1, -0.05) is 66.7 Å². The molecule has 0 saturated heterocycles. The maximum atomic E-state index is 12.1. The smallest absolute Gasteiger partial charge is 0.306 e. The monoisotopic (exact) mass is 303 g/mol. The van der Waals surface area contributed by atoms with Crippen LogP contribution in [0, 0.1) is 0 Å². The van der Waals surface area contributed by atoms with E-state index in [1.807, 2.05) is 79.7 Å². The molecule has 3 aromatic carbocycles. The van der Waals surface area contributed by atoms with Crippen molar-refractivity contribution in [3.63, 3.8) is 0 Å². The summed E-state index contributed by atoms with van der Waals surface area (Å²) in [5.41, 5.74) is 5.01. The predicted molar refractivity (Wildman–Crippen MR) is 94.8 cm³/mol. The van der Waals surface area contributed by atoms with Crippen molar-refractivity contribution in [1.29, 1.82) is 0 Å². The highest BCUT2D eigenvalue weighted by Gasteiger charge is 2.04. The lowest BCUT2D eigenvalue weighted by Gasteiger charge is -2.08. The normalized spacial score (nSPS) is 11.3. The molecule has 4 heteroatoms. The Labute approximate surface area is 134 Å². The van der Waals surface area contributed by atoms with Crippen LogP contribution in [0.1, 0.15) is 12.5 Å². The van der Waals surface area contributed by atoms with Gasteiger partial charge in [0.2, 0.25) is 0 Å². The average Bonchev–Trinajstić information content (AvgIpc) is 2.61. The van der Waals surface area contributed by atoms with Gasteiger partial charge in [0.1, 0.15) is 0 Å². The lowest BCUT2D eigenvalue weighted by Crippen LogP contribution is -2.25. The van der Waals surface area contributed by atoms with Crippen molar-refractivity contribution >= 4 is 28.2 Å². The summed E-state index contributed by atoms with van der Waals surface area (Å²) in [5, 5.41) is 9.03. The first-order chi connectivity index (χ1) is 11.2. The lowest BCUT2D eigenvalue weighted by molar-refractivity contribution is 0.252. The lowest BCUT2D eigenvalue weighted by atomic mass is 10.1. The Hall–Kier alpha value is -3.14. The Morgan fingerprint density at radius 2 is 1.57 bits per heavy atom. The van der Waals surface area contributed by atoms with E-state index in [1.54, 1.807) is 0 Å². The summed E-state index contributed by atoms with van der Waals surface area (Å²) in [6.45, 7) is 1.85. The number of fused-ring (bicyclic) bond motifs is 1. The quantitative estimate of drug-likeness (QED) is 0.547. The van der Waals surface area contributed by atoms with Crippen LogP contribution in [0.5, 0.6) is 0 Å². The minimum Gasteiger partial charge on any atom is -0.306 e. The number of nitrogens with one attached hydrogen (secondary N) is 2. The fourth-order valence-corrected chi connectivity index (χ4v) is 2.36. The van der Waals surface area contributed by atoms with E-state index in [9.17, 15) is 4.79 Å². The van der Waals surface area contributed by atoms with Gasteiger partial charge >= 0.3 is 6.03 Å². The van der Waals surface area contributed by atoms with Gasteiger partial charge in [-0.3, -0.25) is 0 Å². The molecule has 114 valence electrons. The zero-order chi connectivity index (χ0) is 16.1. The van der Waals surface area contributed by atoms with Crippen LogP contribution in [0.4, 0.5) is 10.5 Å². The molecule has 2 amide bonds. The Morgan fingerprint density at radius 1 is 0.870 bits per heavy atom. The van der Waals surface area contributed by atoms with Gasteiger partial charge < -0.3 is 5.32 Å². The number of benzene rings is 3. The summed E-state index contributed by atoms with van der Waals surface area (Å²) in [4.78, 5) is 12.1. The van der Waals surface area contributed by atoms with Crippen molar-refractivity contribution < 1.29 is 4.79 Å². The van der Waals surface area contributed by atoms with E-state index in [0.29, 0.717) is 0 Å². The average molecular weight is 303 g/mol. The molecule has 0 heterocycles. The van der Waals surface area contributed by atoms with Crippen molar-refractivity contribution in [2.45, 2.75) is 6.92 Å². The van der Waals surface area contributed by atoms with Crippen molar-refractivity contribution in [1.82, 2.24) is 5.43 Å². The van der Waals surface area contributed by atoms with Gasteiger partial charge in [-0.15, -0.1) is 0 Å². The van der Waals surface area contributed by atoms with Crippen molar-refractivity contribution in [3.8, 4) is 0 Å². The van der Waals surface area contributed by atoms with Crippen LogP contribution < -0.4 is 10.7 Å². The molecule has 23 heavy (non-hydrogen) atoms. The standard InChI is InChI=1S/C19H17N3O/c1-14(15-8-3-2-4-9-15)21-22-19(23)20-18-13-7-11-16-10-5-6-12-17(16)18/h2-13H,1H3,(H2,20,22,23). The zero-order valence-electron chi connectivity index (χ0n) is 12.8. The van der Waals surface area contributed by atoms with Gasteiger partial charge in [0.05, 0.1) is 11.4 Å². The molecule has 0 aliphatic carbocycles. The summed E-state index contributed by atoms with van der Waals surface area (Å²) in [7, 11) is 0. The predicted octanol–water partition coefficient (Wildman–Crippen LogP) is 4.39. The third kappa shape index (κ3) is 3.55. The minimum atomic E-state index is -0.364. The highest BCUT2D eigenvalue weighted by molar-refractivity contribution is 6.03. The fourth-order valence-electron chi connectivity index (χ4n) is 2.36. The van der Waals surface area contributed by atoms with Gasteiger partial charge in [-0.25, -0.2) is 10.2 Å². The molecule has 0 saturated carbocycles. The van der Waals surface area contributed by atoms with Crippen LogP contribution in [0.25, 0.3) is 10.8 Å². The number of amides is 2. The number of hydrogen-bond acceptors (Lipinski definition) is 2. The number of hydrogen-bond donors (Lipinski definition) is 2. The molecule has 0 radical (unpaired) electrons. The number of hydrazone groups is 1. The van der Waals surface area contributed by atoms with Crippen LogP contribution in [0.3, 0.4) is 0 Å². The van der Waals surface area contributed by atoms with Gasteiger partial charge in [-0.2, -0.15) is 5.10 Å². The molecule has 4 nitrogen and oxygen atoms in total. The fraction of sp³-hybridized carbons (Fsp3) is 0.0526. The first-order valence-electron chi connectivity index (χ1n) is 7.38. The summed E-state index contributed by atoms with van der Waals surface area (Å²) in [6, 6.07) is 23.0. The molecule has 0 atom stereocenters. The molecule has 0 fully saturated rings. The number of carbonyl (C=O) groups is 1. The summed E-state index contributed by atoms with van der Waals surface area (Å²) in [6.07, 6.45) is 0. The molecule has 0 spiro atoms. The van der Waals surface area contributed by atoms with Crippen molar-refractivity contribution in [2.75, 3.05) is 5.32 Å². The first kappa shape index (κ1) is 14.8. The van der Waals surface area contributed by atoms with Gasteiger partial charge in [-0.05, 0) is 23.9 Å². The summed E-state index contributed by atoms with van der Waals surface area (Å²) in [5.74, 6) is 0. The maximum absolute atomic E-state index is 12.1.